The van der Waals surface area contributed by atoms with E-state index in [1.54, 1.807) is 17.4 Å². The highest BCUT2D eigenvalue weighted by Gasteiger charge is 2.20. The second kappa shape index (κ2) is 9.18. The van der Waals surface area contributed by atoms with Crippen LogP contribution in [0.5, 0.6) is 0 Å². The Kier molecular flexibility index (Phi) is 7.54. The number of piperazine rings is 1. The monoisotopic (exact) mass is 499 g/mol. The summed E-state index contributed by atoms with van der Waals surface area (Å²) in [6, 6.07) is 3.59. The summed E-state index contributed by atoms with van der Waals surface area (Å²) >= 11 is 8.88. The van der Waals surface area contributed by atoms with E-state index in [1.807, 2.05) is 22.5 Å². The van der Waals surface area contributed by atoms with Crippen molar-refractivity contribution in [2.24, 2.45) is 10.7 Å². The van der Waals surface area contributed by atoms with Crippen LogP contribution >= 0.6 is 58.3 Å². The number of nitrogens with two attached hydrogens (primary N) is 1. The number of hydrogen-bond acceptors (Lipinski definition) is 6. The molecule has 1 aliphatic rings. The average Bonchev–Trinajstić information content (AvgIpc) is 3.24. The van der Waals surface area contributed by atoms with Crippen LogP contribution in [-0.4, -0.2) is 53.7 Å². The van der Waals surface area contributed by atoms with Crippen molar-refractivity contribution in [2.75, 3.05) is 37.6 Å². The number of aliphatic hydroxyl groups excluding tert-OH is 1. The van der Waals surface area contributed by atoms with Crippen molar-refractivity contribution >= 4 is 69.3 Å². The molecule has 132 valence electrons. The summed E-state index contributed by atoms with van der Waals surface area (Å²) in [5.41, 5.74) is 6.05. The largest absolute Gasteiger partial charge is 0.386 e. The van der Waals surface area contributed by atoms with Crippen LogP contribution in [0.2, 0.25) is 4.34 Å². The van der Waals surface area contributed by atoms with Gasteiger partial charge >= 0.3 is 0 Å². The van der Waals surface area contributed by atoms with Crippen molar-refractivity contribution in [3.8, 4) is 0 Å². The predicted molar refractivity (Wildman–Crippen MR) is 112 cm³/mol. The molecule has 0 radical (unpaired) electrons. The van der Waals surface area contributed by atoms with Gasteiger partial charge in [-0.2, -0.15) is 0 Å². The molecule has 6 nitrogen and oxygen atoms in total. The summed E-state index contributed by atoms with van der Waals surface area (Å²) in [4.78, 5) is 13.7. The summed E-state index contributed by atoms with van der Waals surface area (Å²) in [6.07, 6.45) is 1.16. The van der Waals surface area contributed by atoms with Crippen molar-refractivity contribution in [2.45, 2.75) is 6.10 Å². The quantitative estimate of drug-likeness (QED) is 0.384. The van der Waals surface area contributed by atoms with Gasteiger partial charge in [-0.1, -0.05) is 11.6 Å². The number of aliphatic hydroxyl groups is 1. The number of rotatable bonds is 4. The molecule has 0 amide bonds. The van der Waals surface area contributed by atoms with Crippen LogP contribution in [0.1, 0.15) is 11.0 Å². The third kappa shape index (κ3) is 4.94. The smallest absolute Gasteiger partial charge is 0.191 e. The molecule has 0 bridgehead atoms. The molecule has 3 N–H and O–H groups in total. The van der Waals surface area contributed by atoms with Gasteiger partial charge in [-0.25, -0.2) is 4.98 Å². The molecule has 1 unspecified atom stereocenters. The van der Waals surface area contributed by atoms with Gasteiger partial charge in [-0.15, -0.1) is 46.7 Å². The average molecular weight is 500 g/mol. The third-order valence-corrected chi connectivity index (χ3v) is 5.81. The minimum absolute atomic E-state index is 0. The molecule has 0 saturated carbocycles. The number of nitrogens with zero attached hydrogens (tertiary/aromatic N) is 4. The normalized spacial score (nSPS) is 16.8. The van der Waals surface area contributed by atoms with E-state index in [0.29, 0.717) is 10.3 Å². The standard InChI is InChI=1S/C14H18ClN5OS2.HI/c15-12-2-1-11(23-12)10(21)9-18-13(16)19-4-6-20(7-5-19)14-17-3-8-22-14;/h1-3,8,10,21H,4-7,9H2,(H2,16,18);1H. The summed E-state index contributed by atoms with van der Waals surface area (Å²) in [5, 5.41) is 13.1. The van der Waals surface area contributed by atoms with E-state index in [0.717, 1.165) is 36.2 Å². The number of thiophene rings is 1. The predicted octanol–water partition coefficient (Wildman–Crippen LogP) is 2.65. The maximum atomic E-state index is 10.1. The first-order valence-corrected chi connectivity index (χ1v) is 9.33. The minimum atomic E-state index is -0.664. The molecule has 0 aromatic carbocycles. The number of hydrogen-bond donors (Lipinski definition) is 2. The molecule has 1 aliphatic heterocycles. The topological polar surface area (TPSA) is 78.0 Å². The van der Waals surface area contributed by atoms with Gasteiger partial charge in [-0.3, -0.25) is 4.99 Å². The van der Waals surface area contributed by atoms with E-state index in [-0.39, 0.29) is 30.5 Å². The number of aliphatic imine (C=N–C) groups is 1. The Balaban J connectivity index is 0.00000208. The second-order valence-corrected chi connectivity index (χ2v) is 7.77. The fourth-order valence-corrected chi connectivity index (χ4v) is 4.11. The number of halogens is 2. The Morgan fingerprint density at radius 1 is 1.38 bits per heavy atom. The lowest BCUT2D eigenvalue weighted by molar-refractivity contribution is 0.190. The first kappa shape index (κ1) is 19.7. The van der Waals surface area contributed by atoms with Crippen LogP contribution in [0.3, 0.4) is 0 Å². The van der Waals surface area contributed by atoms with Crippen LogP contribution in [-0.2, 0) is 0 Å². The molecule has 0 spiro atoms. The molecule has 0 aliphatic carbocycles. The van der Waals surface area contributed by atoms with Crippen LogP contribution in [0.15, 0.2) is 28.7 Å². The number of guanidine groups is 1. The van der Waals surface area contributed by atoms with Crippen molar-refractivity contribution in [3.63, 3.8) is 0 Å². The fraction of sp³-hybridized carbons (Fsp3) is 0.429. The number of aromatic nitrogens is 1. The lowest BCUT2D eigenvalue weighted by Crippen LogP contribution is -2.51. The zero-order chi connectivity index (χ0) is 16.2. The van der Waals surface area contributed by atoms with Crippen LogP contribution in [0.4, 0.5) is 5.13 Å². The SMILES string of the molecule is I.NC(=NCC(O)c1ccc(Cl)s1)N1CCN(c2nccs2)CC1. The highest BCUT2D eigenvalue weighted by atomic mass is 127. The maximum Gasteiger partial charge on any atom is 0.191 e. The van der Waals surface area contributed by atoms with E-state index >= 15 is 0 Å². The Morgan fingerprint density at radius 3 is 2.71 bits per heavy atom. The Morgan fingerprint density at radius 2 is 2.12 bits per heavy atom. The van der Waals surface area contributed by atoms with Gasteiger partial charge in [0, 0.05) is 42.6 Å². The second-order valence-electron chi connectivity index (χ2n) is 5.15. The van der Waals surface area contributed by atoms with Crippen molar-refractivity contribution in [1.82, 2.24) is 9.88 Å². The first-order valence-electron chi connectivity index (χ1n) is 7.26. The lowest BCUT2D eigenvalue weighted by Gasteiger charge is -2.35. The van der Waals surface area contributed by atoms with Crippen LogP contribution in [0, 0.1) is 0 Å². The third-order valence-electron chi connectivity index (χ3n) is 3.64. The Labute approximate surface area is 171 Å². The lowest BCUT2D eigenvalue weighted by atomic mass is 10.3. The van der Waals surface area contributed by atoms with Gasteiger partial charge in [0.15, 0.2) is 11.1 Å². The number of thiazole rings is 1. The van der Waals surface area contributed by atoms with E-state index in [4.69, 9.17) is 17.3 Å². The summed E-state index contributed by atoms with van der Waals surface area (Å²) in [5.74, 6) is 0.477. The zero-order valence-corrected chi connectivity index (χ0v) is 17.6. The van der Waals surface area contributed by atoms with Crippen molar-refractivity contribution < 1.29 is 5.11 Å². The van der Waals surface area contributed by atoms with Gasteiger partial charge in [0.1, 0.15) is 6.10 Å². The van der Waals surface area contributed by atoms with Crippen LogP contribution < -0.4 is 10.6 Å². The molecule has 3 heterocycles. The van der Waals surface area contributed by atoms with Gasteiger partial charge in [-0.05, 0) is 12.1 Å². The molecule has 24 heavy (non-hydrogen) atoms. The van der Waals surface area contributed by atoms with Gasteiger partial charge in [0.05, 0.1) is 10.9 Å². The molecule has 10 heteroatoms. The molecule has 1 fully saturated rings. The molecular formula is C14H19ClIN5OS2. The van der Waals surface area contributed by atoms with Gasteiger partial charge in [0.2, 0.25) is 0 Å². The maximum absolute atomic E-state index is 10.1. The zero-order valence-electron chi connectivity index (χ0n) is 12.8. The van der Waals surface area contributed by atoms with Crippen molar-refractivity contribution in [1.29, 1.82) is 0 Å². The van der Waals surface area contributed by atoms with E-state index in [1.165, 1.54) is 11.3 Å². The first-order chi connectivity index (χ1) is 11.1. The minimum Gasteiger partial charge on any atom is -0.386 e. The van der Waals surface area contributed by atoms with E-state index in [2.05, 4.69) is 14.9 Å². The van der Waals surface area contributed by atoms with Crippen molar-refractivity contribution in [3.05, 3.63) is 32.9 Å². The van der Waals surface area contributed by atoms with Crippen LogP contribution in [0.25, 0.3) is 0 Å². The van der Waals surface area contributed by atoms with Gasteiger partial charge < -0.3 is 20.6 Å². The van der Waals surface area contributed by atoms with Gasteiger partial charge in [0.25, 0.3) is 0 Å². The highest BCUT2D eigenvalue weighted by molar-refractivity contribution is 14.0. The van der Waals surface area contributed by atoms with E-state index < -0.39 is 6.10 Å². The fourth-order valence-electron chi connectivity index (χ4n) is 2.38. The molecule has 2 aromatic rings. The Hall–Kier alpha value is -0.620. The molecule has 1 saturated heterocycles. The molecule has 3 rings (SSSR count). The highest BCUT2D eigenvalue weighted by Crippen LogP contribution is 2.27. The Bertz CT molecular complexity index is 658. The summed E-state index contributed by atoms with van der Waals surface area (Å²) in [6.45, 7) is 3.58. The number of anilines is 1. The molecule has 1 atom stereocenters. The summed E-state index contributed by atoms with van der Waals surface area (Å²) < 4.78 is 0.661. The molecule has 2 aromatic heterocycles. The van der Waals surface area contributed by atoms with E-state index in [9.17, 15) is 5.11 Å². The molecular weight excluding hydrogens is 481 g/mol. The summed E-state index contributed by atoms with van der Waals surface area (Å²) in [7, 11) is 0.